The smallest absolute Gasteiger partial charge is 0.0409 e. The molecule has 2 aliphatic rings. The number of rotatable bonds is 1. The van der Waals surface area contributed by atoms with Crippen LogP contribution in [0.25, 0.3) is 0 Å². The molecule has 1 aliphatic heterocycles. The molecule has 1 N–H and O–H groups in total. The number of allylic oxidation sites excluding steroid dienone is 6. The second kappa shape index (κ2) is 4.13. The fourth-order valence-electron chi connectivity index (χ4n) is 1.74. The van der Waals surface area contributed by atoms with Crippen molar-refractivity contribution >= 4 is 0 Å². The van der Waals surface area contributed by atoms with E-state index in [-0.39, 0.29) is 0 Å². The molecule has 0 aromatic rings. The molecule has 0 aromatic carbocycles. The minimum absolute atomic E-state index is 1.22. The first kappa shape index (κ1) is 8.36. The van der Waals surface area contributed by atoms with Gasteiger partial charge in [0.05, 0.1) is 0 Å². The number of hydrogen-bond acceptors (Lipinski definition) is 1. The lowest BCUT2D eigenvalue weighted by atomic mass is 9.97. The Morgan fingerprint density at radius 1 is 1.08 bits per heavy atom. The van der Waals surface area contributed by atoms with Crippen LogP contribution in [0.5, 0.6) is 0 Å². The average Bonchev–Trinajstić information content (AvgIpc) is 2.47. The van der Waals surface area contributed by atoms with E-state index in [2.05, 4.69) is 23.5 Å². The molecule has 1 aliphatic carbocycles. The zero-order chi connectivity index (χ0) is 8.93. The topological polar surface area (TPSA) is 12.0 Å². The summed E-state index contributed by atoms with van der Waals surface area (Å²) >= 11 is 0. The third kappa shape index (κ3) is 2.11. The highest BCUT2D eigenvalue weighted by molar-refractivity contribution is 5.36. The van der Waals surface area contributed by atoms with Crippen molar-refractivity contribution in [3.8, 4) is 0 Å². The van der Waals surface area contributed by atoms with E-state index in [1.807, 2.05) is 18.4 Å². The van der Waals surface area contributed by atoms with Gasteiger partial charge in [0.1, 0.15) is 0 Å². The van der Waals surface area contributed by atoms with E-state index < -0.39 is 0 Å². The van der Waals surface area contributed by atoms with E-state index in [0.29, 0.717) is 0 Å². The highest BCUT2D eigenvalue weighted by Crippen LogP contribution is 2.22. The minimum atomic E-state index is 1.22. The van der Waals surface area contributed by atoms with Gasteiger partial charge >= 0.3 is 0 Å². The van der Waals surface area contributed by atoms with Crippen molar-refractivity contribution in [3.63, 3.8) is 0 Å². The summed E-state index contributed by atoms with van der Waals surface area (Å²) in [5, 5.41) is 3.30. The van der Waals surface area contributed by atoms with Crippen LogP contribution in [0, 0.1) is 0 Å². The standard InChI is InChI=1S/C12H15N/c1-3-7-11(8-4-1)12-9-5-2-6-10-13-12/h2,5-7,9-10,13H,1,3-4,8H2. The predicted molar refractivity (Wildman–Crippen MR) is 56.0 cm³/mol. The van der Waals surface area contributed by atoms with Crippen LogP contribution in [0.4, 0.5) is 0 Å². The molecule has 0 spiro atoms. The van der Waals surface area contributed by atoms with Crippen molar-refractivity contribution < 1.29 is 0 Å². The first-order chi connectivity index (χ1) is 6.47. The van der Waals surface area contributed by atoms with Gasteiger partial charge in [0.15, 0.2) is 0 Å². The van der Waals surface area contributed by atoms with E-state index in [4.69, 9.17) is 0 Å². The van der Waals surface area contributed by atoms with E-state index in [1.54, 1.807) is 0 Å². The summed E-state index contributed by atoms with van der Waals surface area (Å²) in [6.07, 6.45) is 17.8. The molecular weight excluding hydrogens is 158 g/mol. The summed E-state index contributed by atoms with van der Waals surface area (Å²) < 4.78 is 0. The normalized spacial score (nSPS) is 21.5. The first-order valence-corrected chi connectivity index (χ1v) is 4.96. The van der Waals surface area contributed by atoms with Crippen molar-refractivity contribution in [3.05, 3.63) is 47.9 Å². The van der Waals surface area contributed by atoms with E-state index in [9.17, 15) is 0 Å². The Hall–Kier alpha value is -1.24. The van der Waals surface area contributed by atoms with Gasteiger partial charge in [-0.05, 0) is 43.4 Å². The lowest BCUT2D eigenvalue weighted by Gasteiger charge is -2.15. The van der Waals surface area contributed by atoms with Crippen LogP contribution in [-0.2, 0) is 0 Å². The first-order valence-electron chi connectivity index (χ1n) is 4.96. The van der Waals surface area contributed by atoms with Crippen molar-refractivity contribution in [2.75, 3.05) is 0 Å². The van der Waals surface area contributed by atoms with Crippen molar-refractivity contribution in [1.29, 1.82) is 0 Å². The molecule has 0 unspecified atom stereocenters. The summed E-state index contributed by atoms with van der Waals surface area (Å²) in [6.45, 7) is 0. The maximum atomic E-state index is 3.30. The molecule has 0 saturated carbocycles. The molecular formula is C12H15N. The maximum Gasteiger partial charge on any atom is 0.0409 e. The van der Waals surface area contributed by atoms with E-state index in [1.165, 1.54) is 37.0 Å². The summed E-state index contributed by atoms with van der Waals surface area (Å²) in [7, 11) is 0. The van der Waals surface area contributed by atoms with Gasteiger partial charge in [-0.2, -0.15) is 0 Å². The van der Waals surface area contributed by atoms with Gasteiger partial charge in [0, 0.05) is 11.9 Å². The second-order valence-electron chi connectivity index (χ2n) is 3.44. The molecule has 1 heteroatoms. The fraction of sp³-hybridized carbons (Fsp3) is 0.333. The van der Waals surface area contributed by atoms with Crippen molar-refractivity contribution in [1.82, 2.24) is 5.32 Å². The van der Waals surface area contributed by atoms with Crippen LogP contribution < -0.4 is 5.32 Å². The largest absolute Gasteiger partial charge is 0.361 e. The Bertz CT molecular complexity index is 292. The van der Waals surface area contributed by atoms with Gasteiger partial charge in [-0.3, -0.25) is 0 Å². The van der Waals surface area contributed by atoms with Crippen LogP contribution >= 0.6 is 0 Å². The Morgan fingerprint density at radius 3 is 2.92 bits per heavy atom. The maximum absolute atomic E-state index is 3.30. The van der Waals surface area contributed by atoms with Crippen molar-refractivity contribution in [2.24, 2.45) is 0 Å². The minimum Gasteiger partial charge on any atom is -0.361 e. The Kier molecular flexibility index (Phi) is 2.65. The van der Waals surface area contributed by atoms with Gasteiger partial charge in [-0.25, -0.2) is 0 Å². The van der Waals surface area contributed by atoms with Crippen molar-refractivity contribution in [2.45, 2.75) is 25.7 Å². The average molecular weight is 173 g/mol. The summed E-state index contributed by atoms with van der Waals surface area (Å²) in [5.74, 6) is 0. The highest BCUT2D eigenvalue weighted by atomic mass is 14.9. The van der Waals surface area contributed by atoms with Gasteiger partial charge in [0.2, 0.25) is 0 Å². The highest BCUT2D eigenvalue weighted by Gasteiger charge is 2.07. The third-order valence-corrected chi connectivity index (χ3v) is 2.46. The molecule has 0 bridgehead atoms. The lowest BCUT2D eigenvalue weighted by Crippen LogP contribution is -2.08. The third-order valence-electron chi connectivity index (χ3n) is 2.46. The van der Waals surface area contributed by atoms with Crippen LogP contribution in [-0.4, -0.2) is 0 Å². The van der Waals surface area contributed by atoms with Gasteiger partial charge in [-0.1, -0.05) is 18.2 Å². The van der Waals surface area contributed by atoms with Crippen LogP contribution in [0.2, 0.25) is 0 Å². The molecule has 0 atom stereocenters. The SMILES string of the molecule is C1=CC=C(C2=CCCCC2)NC=C1. The molecule has 0 saturated heterocycles. The second-order valence-corrected chi connectivity index (χ2v) is 3.44. The molecule has 2 rings (SSSR count). The lowest BCUT2D eigenvalue weighted by molar-refractivity contribution is 0.699. The van der Waals surface area contributed by atoms with E-state index >= 15 is 0 Å². The fourth-order valence-corrected chi connectivity index (χ4v) is 1.74. The predicted octanol–water partition coefficient (Wildman–Crippen LogP) is 3.04. The summed E-state index contributed by atoms with van der Waals surface area (Å²) in [6, 6.07) is 0. The van der Waals surface area contributed by atoms with Gasteiger partial charge < -0.3 is 5.32 Å². The molecule has 1 nitrogen and oxygen atoms in total. The Labute approximate surface area is 79.5 Å². The monoisotopic (exact) mass is 173 g/mol. The van der Waals surface area contributed by atoms with Crippen LogP contribution in [0.15, 0.2) is 47.9 Å². The van der Waals surface area contributed by atoms with Crippen LogP contribution in [0.3, 0.4) is 0 Å². The Balaban J connectivity index is 2.15. The van der Waals surface area contributed by atoms with E-state index in [0.717, 1.165) is 0 Å². The van der Waals surface area contributed by atoms with Gasteiger partial charge in [-0.15, -0.1) is 0 Å². The van der Waals surface area contributed by atoms with Gasteiger partial charge in [0.25, 0.3) is 0 Å². The molecule has 1 heterocycles. The Morgan fingerprint density at radius 2 is 2.08 bits per heavy atom. The molecule has 0 aromatic heterocycles. The number of hydrogen-bond donors (Lipinski definition) is 1. The molecule has 68 valence electrons. The summed E-state index contributed by atoms with van der Waals surface area (Å²) in [4.78, 5) is 0. The summed E-state index contributed by atoms with van der Waals surface area (Å²) in [5.41, 5.74) is 2.74. The van der Waals surface area contributed by atoms with Crippen LogP contribution in [0.1, 0.15) is 25.7 Å². The zero-order valence-corrected chi connectivity index (χ0v) is 7.79. The molecule has 0 radical (unpaired) electrons. The molecule has 0 amide bonds. The quantitative estimate of drug-likeness (QED) is 0.642. The zero-order valence-electron chi connectivity index (χ0n) is 7.79. The molecule has 0 fully saturated rings. The molecule has 13 heavy (non-hydrogen) atoms. The number of nitrogens with one attached hydrogen (secondary N) is 1.